The zero-order valence-electron chi connectivity index (χ0n) is 21.9. The van der Waals surface area contributed by atoms with Gasteiger partial charge in [-0.05, 0) is 49.0 Å². The molecule has 1 aliphatic heterocycles. The third kappa shape index (κ3) is 5.79. The number of piperazine rings is 1. The van der Waals surface area contributed by atoms with Gasteiger partial charge < -0.3 is 28.6 Å². The van der Waals surface area contributed by atoms with Crippen molar-refractivity contribution in [2.75, 3.05) is 52.0 Å². The lowest BCUT2D eigenvalue weighted by molar-refractivity contribution is 0.0470. The van der Waals surface area contributed by atoms with E-state index in [0.717, 1.165) is 18.7 Å². The summed E-state index contributed by atoms with van der Waals surface area (Å²) in [5.74, 6) is -0.686. The molecule has 0 saturated carbocycles. The summed E-state index contributed by atoms with van der Waals surface area (Å²) >= 11 is 0. The van der Waals surface area contributed by atoms with E-state index in [-0.39, 0.29) is 24.3 Å². The van der Waals surface area contributed by atoms with Gasteiger partial charge in [0.1, 0.15) is 23.7 Å². The molecule has 0 amide bonds. The predicted molar refractivity (Wildman–Crippen MR) is 147 cm³/mol. The summed E-state index contributed by atoms with van der Waals surface area (Å²) in [6.07, 6.45) is 1.47. The largest absolute Gasteiger partial charge is 0.468 e. The number of aromatic nitrogens is 1. The summed E-state index contributed by atoms with van der Waals surface area (Å²) in [4.78, 5) is 30.7. The molecule has 202 valence electrons. The first-order valence-corrected chi connectivity index (χ1v) is 12.7. The Kier molecular flexibility index (Phi) is 7.90. The van der Waals surface area contributed by atoms with Crippen LogP contribution in [0.1, 0.15) is 15.9 Å². The number of methoxy groups -OCH3 is 1. The fourth-order valence-electron chi connectivity index (χ4n) is 4.61. The molecular formula is C30H30FN3O5. The Labute approximate surface area is 225 Å². The number of esters is 1. The van der Waals surface area contributed by atoms with E-state index < -0.39 is 17.2 Å². The average molecular weight is 532 g/mol. The van der Waals surface area contributed by atoms with Gasteiger partial charge in [0.15, 0.2) is 6.79 Å². The van der Waals surface area contributed by atoms with Crippen molar-refractivity contribution in [3.8, 4) is 11.4 Å². The molecule has 0 N–H and O–H groups in total. The van der Waals surface area contributed by atoms with Crippen molar-refractivity contribution in [2.45, 2.75) is 6.61 Å². The Morgan fingerprint density at radius 2 is 1.69 bits per heavy atom. The fraction of sp³-hybridized carbons (Fsp3) is 0.267. The lowest BCUT2D eigenvalue weighted by atomic mass is 10.1. The molecule has 1 aliphatic rings. The summed E-state index contributed by atoms with van der Waals surface area (Å²) < 4.78 is 33.1. The van der Waals surface area contributed by atoms with Gasteiger partial charge in [-0.3, -0.25) is 4.79 Å². The summed E-state index contributed by atoms with van der Waals surface area (Å²) in [6.45, 7) is 3.06. The van der Waals surface area contributed by atoms with Crippen molar-refractivity contribution in [1.82, 2.24) is 9.47 Å². The molecular weight excluding hydrogens is 501 g/mol. The van der Waals surface area contributed by atoms with Gasteiger partial charge in [-0.2, -0.15) is 0 Å². The lowest BCUT2D eigenvalue weighted by Crippen LogP contribution is -2.44. The standard InChI is InChI=1S/C30H30FN3O5/c1-32-12-14-33(15-13-32)28-17-27-24(16-26(28)31)29(35)25(30(36)38-19-21-6-4-3-5-7-21)18-34(27)22-8-10-23(11-9-22)39-20-37-2/h3-11,16-18H,12-15,19-20H2,1-2H3. The number of hydrogen-bond donors (Lipinski definition) is 0. The van der Waals surface area contributed by atoms with Crippen molar-refractivity contribution in [1.29, 1.82) is 0 Å². The monoisotopic (exact) mass is 531 g/mol. The molecule has 9 heteroatoms. The summed E-state index contributed by atoms with van der Waals surface area (Å²) in [6, 6.07) is 19.2. The molecule has 2 heterocycles. The van der Waals surface area contributed by atoms with Crippen LogP contribution in [0.25, 0.3) is 16.6 Å². The summed E-state index contributed by atoms with van der Waals surface area (Å²) in [5, 5.41) is 0.0965. The zero-order valence-corrected chi connectivity index (χ0v) is 21.9. The maximum Gasteiger partial charge on any atom is 0.344 e. The smallest absolute Gasteiger partial charge is 0.344 e. The van der Waals surface area contributed by atoms with Gasteiger partial charge in [0, 0.05) is 50.6 Å². The molecule has 0 atom stereocenters. The first-order valence-electron chi connectivity index (χ1n) is 12.7. The number of ether oxygens (including phenoxy) is 3. The Morgan fingerprint density at radius 1 is 0.974 bits per heavy atom. The van der Waals surface area contributed by atoms with E-state index in [0.29, 0.717) is 35.7 Å². The number of anilines is 1. The third-order valence-electron chi connectivity index (χ3n) is 6.81. The molecule has 8 nitrogen and oxygen atoms in total. The highest BCUT2D eigenvalue weighted by Crippen LogP contribution is 2.28. The van der Waals surface area contributed by atoms with Gasteiger partial charge in [0.05, 0.1) is 11.2 Å². The minimum Gasteiger partial charge on any atom is -0.468 e. The van der Waals surface area contributed by atoms with Gasteiger partial charge in [-0.15, -0.1) is 0 Å². The molecule has 1 aromatic heterocycles. The van der Waals surface area contributed by atoms with Crippen LogP contribution in [0, 0.1) is 5.82 Å². The summed E-state index contributed by atoms with van der Waals surface area (Å²) in [5.41, 5.74) is 1.61. The Morgan fingerprint density at radius 3 is 2.38 bits per heavy atom. The first-order chi connectivity index (χ1) is 18.9. The van der Waals surface area contributed by atoms with Gasteiger partial charge in [0.25, 0.3) is 0 Å². The van der Waals surface area contributed by atoms with E-state index in [1.165, 1.54) is 19.4 Å². The molecule has 0 unspecified atom stereocenters. The van der Waals surface area contributed by atoms with Gasteiger partial charge in [0.2, 0.25) is 5.43 Å². The van der Waals surface area contributed by atoms with E-state index in [4.69, 9.17) is 14.2 Å². The van der Waals surface area contributed by atoms with Crippen LogP contribution in [-0.4, -0.2) is 62.6 Å². The van der Waals surface area contributed by atoms with Gasteiger partial charge >= 0.3 is 5.97 Å². The molecule has 1 fully saturated rings. The van der Waals surface area contributed by atoms with Crippen molar-refractivity contribution in [3.05, 3.63) is 100 Å². The van der Waals surface area contributed by atoms with Crippen molar-refractivity contribution < 1.29 is 23.4 Å². The third-order valence-corrected chi connectivity index (χ3v) is 6.81. The average Bonchev–Trinajstić information content (AvgIpc) is 2.96. The van der Waals surface area contributed by atoms with Gasteiger partial charge in [-0.25, -0.2) is 9.18 Å². The van der Waals surface area contributed by atoms with E-state index in [1.807, 2.05) is 42.3 Å². The second kappa shape index (κ2) is 11.7. The minimum absolute atomic E-state index is 0.0133. The number of hydrogen-bond acceptors (Lipinski definition) is 7. The van der Waals surface area contributed by atoms with Crippen LogP contribution in [-0.2, 0) is 16.1 Å². The van der Waals surface area contributed by atoms with E-state index in [2.05, 4.69) is 4.90 Å². The number of rotatable bonds is 8. The predicted octanol–water partition coefficient (Wildman–Crippen LogP) is 4.22. The lowest BCUT2D eigenvalue weighted by Gasteiger charge is -2.34. The van der Waals surface area contributed by atoms with E-state index in [9.17, 15) is 9.59 Å². The van der Waals surface area contributed by atoms with Crippen LogP contribution in [0.5, 0.6) is 5.75 Å². The van der Waals surface area contributed by atoms with E-state index >= 15 is 4.39 Å². The minimum atomic E-state index is -0.775. The number of pyridine rings is 1. The second-order valence-electron chi connectivity index (χ2n) is 9.46. The molecule has 39 heavy (non-hydrogen) atoms. The van der Waals surface area contributed by atoms with Crippen LogP contribution in [0.4, 0.5) is 10.1 Å². The maximum atomic E-state index is 15.4. The van der Waals surface area contributed by atoms with Crippen molar-refractivity contribution in [3.63, 3.8) is 0 Å². The number of nitrogens with zero attached hydrogens (tertiary/aromatic N) is 3. The highest BCUT2D eigenvalue weighted by atomic mass is 19.1. The van der Waals surface area contributed by atoms with Crippen LogP contribution < -0.4 is 15.1 Å². The van der Waals surface area contributed by atoms with E-state index in [1.54, 1.807) is 34.9 Å². The van der Waals surface area contributed by atoms with Crippen LogP contribution in [0.2, 0.25) is 0 Å². The molecule has 0 bridgehead atoms. The van der Waals surface area contributed by atoms with Crippen LogP contribution in [0.15, 0.2) is 77.7 Å². The SMILES string of the molecule is COCOc1ccc(-n2cc(C(=O)OCc3ccccc3)c(=O)c3cc(F)c(N4CCN(C)CC4)cc32)cc1. The Hall–Kier alpha value is -4.21. The quantitative estimate of drug-likeness (QED) is 0.249. The number of carbonyl (C=O) groups excluding carboxylic acids is 1. The Bertz CT molecular complexity index is 1510. The molecule has 3 aromatic carbocycles. The van der Waals surface area contributed by atoms with Crippen molar-refractivity contribution >= 4 is 22.6 Å². The van der Waals surface area contributed by atoms with Crippen LogP contribution >= 0.6 is 0 Å². The number of fused-ring (bicyclic) bond motifs is 1. The molecule has 1 saturated heterocycles. The van der Waals surface area contributed by atoms with Crippen LogP contribution in [0.3, 0.4) is 0 Å². The molecule has 0 spiro atoms. The van der Waals surface area contributed by atoms with Crippen molar-refractivity contribution in [2.24, 2.45) is 0 Å². The zero-order chi connectivity index (χ0) is 27.4. The number of carbonyl (C=O) groups is 1. The Balaban J connectivity index is 1.59. The first kappa shape index (κ1) is 26.4. The normalized spacial score (nSPS) is 14.0. The highest BCUT2D eigenvalue weighted by molar-refractivity contribution is 5.95. The number of likely N-dealkylation sites (N-methyl/N-ethyl adjacent to an activating group) is 1. The number of benzene rings is 3. The summed E-state index contributed by atoms with van der Waals surface area (Å²) in [7, 11) is 3.57. The molecule has 4 aromatic rings. The highest BCUT2D eigenvalue weighted by Gasteiger charge is 2.23. The fourth-order valence-corrected chi connectivity index (χ4v) is 4.61. The molecule has 0 aliphatic carbocycles. The maximum absolute atomic E-state index is 15.4. The second-order valence-corrected chi connectivity index (χ2v) is 9.46. The molecule has 5 rings (SSSR count). The van der Waals surface area contributed by atoms with Gasteiger partial charge in [-0.1, -0.05) is 30.3 Å². The topological polar surface area (TPSA) is 73.2 Å². The molecule has 0 radical (unpaired) electrons. The number of halogens is 1.